The molecule has 7 nitrogen and oxygen atoms in total. The van der Waals surface area contributed by atoms with E-state index in [1.165, 1.54) is 13.2 Å². The van der Waals surface area contributed by atoms with Crippen LogP contribution in [0.25, 0.3) is 6.08 Å². The first kappa shape index (κ1) is 24.0. The van der Waals surface area contributed by atoms with E-state index in [1.807, 2.05) is 42.2 Å². The molecule has 2 aliphatic heterocycles. The van der Waals surface area contributed by atoms with Crippen molar-refractivity contribution in [3.63, 3.8) is 0 Å². The summed E-state index contributed by atoms with van der Waals surface area (Å²) in [6.07, 6.45) is 4.06. The maximum atomic E-state index is 12.8. The van der Waals surface area contributed by atoms with Crippen LogP contribution in [-0.2, 0) is 9.53 Å². The predicted molar refractivity (Wildman–Crippen MR) is 130 cm³/mol. The van der Waals surface area contributed by atoms with Gasteiger partial charge in [0.15, 0.2) is 11.5 Å². The van der Waals surface area contributed by atoms with E-state index in [9.17, 15) is 9.59 Å². The van der Waals surface area contributed by atoms with Crippen molar-refractivity contribution in [2.75, 3.05) is 27.3 Å². The summed E-state index contributed by atoms with van der Waals surface area (Å²) in [5, 5.41) is 0.388. The average molecular weight is 485 g/mol. The lowest BCUT2D eigenvalue weighted by Crippen LogP contribution is -2.49. The van der Waals surface area contributed by atoms with Crippen molar-refractivity contribution in [1.29, 1.82) is 0 Å². The highest BCUT2D eigenvalue weighted by molar-refractivity contribution is 6.33. The van der Waals surface area contributed by atoms with E-state index in [2.05, 4.69) is 0 Å². The van der Waals surface area contributed by atoms with Crippen LogP contribution in [0.2, 0.25) is 5.02 Å². The number of halogens is 1. The van der Waals surface area contributed by atoms with Gasteiger partial charge < -0.3 is 19.1 Å². The fourth-order valence-corrected chi connectivity index (χ4v) is 5.01. The minimum absolute atomic E-state index is 0.0459. The molecule has 2 atom stereocenters. The van der Waals surface area contributed by atoms with Crippen molar-refractivity contribution in [3.8, 4) is 11.5 Å². The molecular formula is C26H29ClN2O5. The highest BCUT2D eigenvalue weighted by Gasteiger charge is 2.44. The van der Waals surface area contributed by atoms with E-state index in [0.717, 1.165) is 5.56 Å². The zero-order valence-corrected chi connectivity index (χ0v) is 20.3. The number of carbonyl (C=O) groups is 2. The van der Waals surface area contributed by atoms with Crippen LogP contribution < -0.4 is 9.47 Å². The molecule has 0 radical (unpaired) electrons. The highest BCUT2D eigenvalue weighted by atomic mass is 35.5. The first-order chi connectivity index (χ1) is 16.4. The number of benzene rings is 2. The average Bonchev–Trinajstić information content (AvgIpc) is 3.17. The van der Waals surface area contributed by atoms with Gasteiger partial charge in [0.1, 0.15) is 6.10 Å². The fourth-order valence-electron chi connectivity index (χ4n) is 4.72. The number of methoxy groups -OCH3 is 2. The molecule has 2 saturated heterocycles. The number of hydrogen-bond donors (Lipinski definition) is 0. The van der Waals surface area contributed by atoms with Gasteiger partial charge in [-0.05, 0) is 49.1 Å². The van der Waals surface area contributed by atoms with Crippen molar-refractivity contribution < 1.29 is 23.8 Å². The Morgan fingerprint density at radius 1 is 1.09 bits per heavy atom. The van der Waals surface area contributed by atoms with E-state index in [-0.39, 0.29) is 30.2 Å². The van der Waals surface area contributed by atoms with Gasteiger partial charge in [0, 0.05) is 25.2 Å². The summed E-state index contributed by atoms with van der Waals surface area (Å²) in [4.78, 5) is 29.1. The molecular weight excluding hydrogens is 456 g/mol. The quantitative estimate of drug-likeness (QED) is 0.543. The van der Waals surface area contributed by atoms with Crippen LogP contribution in [0, 0.1) is 0 Å². The van der Waals surface area contributed by atoms with Gasteiger partial charge in [0.25, 0.3) is 0 Å². The summed E-state index contributed by atoms with van der Waals surface area (Å²) in [7, 11) is 3.06. The molecule has 2 unspecified atom stereocenters. The summed E-state index contributed by atoms with van der Waals surface area (Å²) in [5.74, 6) is 0.866. The first-order valence-electron chi connectivity index (χ1n) is 11.4. The summed E-state index contributed by atoms with van der Waals surface area (Å²) in [5.41, 5.74) is 1.67. The molecule has 2 fully saturated rings. The molecule has 0 bridgehead atoms. The molecule has 2 aromatic carbocycles. The second-order valence-corrected chi connectivity index (χ2v) is 8.83. The number of hydrogen-bond acceptors (Lipinski definition) is 5. The predicted octanol–water partition coefficient (Wildman–Crippen LogP) is 4.94. The van der Waals surface area contributed by atoms with Gasteiger partial charge in [-0.1, -0.05) is 41.9 Å². The Morgan fingerprint density at radius 3 is 2.44 bits per heavy atom. The number of rotatable bonds is 6. The van der Waals surface area contributed by atoms with Crippen LogP contribution in [0.15, 0.2) is 48.5 Å². The molecule has 8 heteroatoms. The molecule has 2 aliphatic rings. The van der Waals surface area contributed by atoms with E-state index in [0.29, 0.717) is 48.0 Å². The van der Waals surface area contributed by atoms with E-state index in [1.54, 1.807) is 30.2 Å². The van der Waals surface area contributed by atoms with Crippen LogP contribution in [0.3, 0.4) is 0 Å². The van der Waals surface area contributed by atoms with Gasteiger partial charge in [-0.2, -0.15) is 0 Å². The fraction of sp³-hybridized carbons (Fsp3) is 0.385. The van der Waals surface area contributed by atoms with Gasteiger partial charge in [-0.15, -0.1) is 0 Å². The molecule has 0 aliphatic carbocycles. The minimum Gasteiger partial charge on any atom is -0.493 e. The van der Waals surface area contributed by atoms with Crippen LogP contribution in [0.1, 0.15) is 37.0 Å². The number of amides is 2. The molecule has 34 heavy (non-hydrogen) atoms. The number of piperidine rings is 1. The lowest BCUT2D eigenvalue weighted by Gasteiger charge is -2.37. The lowest BCUT2D eigenvalue weighted by molar-refractivity contribution is -0.127. The standard InChI is InChI=1S/C26H29ClN2O5/c1-17-24(19-7-5-4-6-8-19)34-26(31)29(17)20-13-15-28(16-14-20)22(30)12-10-18-9-11-21(32-2)25(33-3)23(18)27/h4-12,17,20,24H,13-16H2,1-3H3. The van der Waals surface area contributed by atoms with Gasteiger partial charge in [0.2, 0.25) is 5.91 Å². The Kier molecular flexibility index (Phi) is 7.32. The Hall–Kier alpha value is -3.19. The zero-order valence-electron chi connectivity index (χ0n) is 19.6. The molecule has 180 valence electrons. The van der Waals surface area contributed by atoms with Crippen LogP contribution in [0.4, 0.5) is 4.79 Å². The first-order valence-corrected chi connectivity index (χ1v) is 11.7. The topological polar surface area (TPSA) is 68.3 Å². The second kappa shape index (κ2) is 10.4. The third-order valence-electron chi connectivity index (χ3n) is 6.53. The van der Waals surface area contributed by atoms with Crippen LogP contribution >= 0.6 is 11.6 Å². The third-order valence-corrected chi connectivity index (χ3v) is 6.92. The van der Waals surface area contributed by atoms with Crippen LogP contribution in [-0.4, -0.2) is 61.2 Å². The molecule has 2 heterocycles. The molecule has 0 N–H and O–H groups in total. The van der Waals surface area contributed by atoms with Gasteiger partial charge >= 0.3 is 6.09 Å². The molecule has 0 saturated carbocycles. The second-order valence-electron chi connectivity index (χ2n) is 8.46. The molecule has 2 amide bonds. The van der Waals surface area contributed by atoms with Gasteiger partial charge in [-0.25, -0.2) is 4.79 Å². The molecule has 0 aromatic heterocycles. The number of carbonyl (C=O) groups excluding carboxylic acids is 2. The largest absolute Gasteiger partial charge is 0.493 e. The van der Waals surface area contributed by atoms with E-state index < -0.39 is 0 Å². The van der Waals surface area contributed by atoms with E-state index >= 15 is 0 Å². The summed E-state index contributed by atoms with van der Waals surface area (Å²) in [6, 6.07) is 13.3. The maximum Gasteiger partial charge on any atom is 0.411 e. The van der Waals surface area contributed by atoms with Gasteiger partial charge in [-0.3, -0.25) is 9.69 Å². The normalized spacial score (nSPS) is 21.1. The third kappa shape index (κ3) is 4.71. The Morgan fingerprint density at radius 2 is 1.79 bits per heavy atom. The maximum absolute atomic E-state index is 12.8. The van der Waals surface area contributed by atoms with Crippen molar-refractivity contribution in [2.45, 2.75) is 38.0 Å². The lowest BCUT2D eigenvalue weighted by atomic mass is 9.98. The Labute approximate surface area is 204 Å². The number of cyclic esters (lactones) is 1. The SMILES string of the molecule is COc1ccc(C=CC(=O)N2CCC(N3C(=O)OC(c4ccccc4)C3C)CC2)c(Cl)c1OC. The Bertz CT molecular complexity index is 1070. The van der Waals surface area contributed by atoms with E-state index in [4.69, 9.17) is 25.8 Å². The highest BCUT2D eigenvalue weighted by Crippen LogP contribution is 2.38. The zero-order chi connectivity index (χ0) is 24.2. The molecule has 2 aromatic rings. The van der Waals surface area contributed by atoms with Crippen molar-refractivity contribution in [3.05, 3.63) is 64.7 Å². The molecule has 4 rings (SSSR count). The summed E-state index contributed by atoms with van der Waals surface area (Å²) < 4.78 is 16.3. The molecule has 0 spiro atoms. The smallest absolute Gasteiger partial charge is 0.411 e. The number of likely N-dealkylation sites (tertiary alicyclic amines) is 1. The number of nitrogens with zero attached hydrogens (tertiary/aromatic N) is 2. The summed E-state index contributed by atoms with van der Waals surface area (Å²) >= 11 is 6.41. The summed E-state index contributed by atoms with van der Waals surface area (Å²) in [6.45, 7) is 3.16. The van der Waals surface area contributed by atoms with Crippen molar-refractivity contribution in [2.24, 2.45) is 0 Å². The Balaban J connectivity index is 1.37. The van der Waals surface area contributed by atoms with Crippen LogP contribution in [0.5, 0.6) is 11.5 Å². The monoisotopic (exact) mass is 484 g/mol. The minimum atomic E-state index is -0.283. The van der Waals surface area contributed by atoms with Crippen molar-refractivity contribution in [1.82, 2.24) is 9.80 Å². The number of ether oxygens (including phenoxy) is 3. The van der Waals surface area contributed by atoms with Gasteiger partial charge in [0.05, 0.1) is 25.3 Å². The van der Waals surface area contributed by atoms with Crippen molar-refractivity contribution >= 4 is 29.7 Å².